The van der Waals surface area contributed by atoms with Crippen molar-refractivity contribution in [3.05, 3.63) is 63.4 Å². The molecule has 0 aliphatic heterocycles. The number of ether oxygens (including phenoxy) is 1. The first-order valence-electron chi connectivity index (χ1n) is 7.70. The van der Waals surface area contributed by atoms with Crippen molar-refractivity contribution in [3.63, 3.8) is 0 Å². The second-order valence-electron chi connectivity index (χ2n) is 5.10. The molecule has 0 spiro atoms. The van der Waals surface area contributed by atoms with Crippen LogP contribution >= 0.6 is 27.3 Å². The summed E-state index contributed by atoms with van der Waals surface area (Å²) < 4.78 is 9.37. The summed E-state index contributed by atoms with van der Waals surface area (Å²) >= 11 is 4.93. The lowest BCUT2D eigenvalue weighted by Crippen LogP contribution is -2.19. The Balaban J connectivity index is 2.05. The minimum absolute atomic E-state index is 0.251. The van der Waals surface area contributed by atoms with E-state index >= 15 is 0 Å². The summed E-state index contributed by atoms with van der Waals surface area (Å²) in [5.74, 6) is -0.251. The number of carbonyl (C=O) groups is 1. The first-order chi connectivity index (χ1) is 11.7. The Morgan fingerprint density at radius 3 is 2.75 bits per heavy atom. The maximum atomic E-state index is 12.6. The number of amides is 1. The van der Waals surface area contributed by atoms with Crippen molar-refractivity contribution in [2.24, 2.45) is 4.99 Å². The van der Waals surface area contributed by atoms with Crippen LogP contribution in [-0.4, -0.2) is 23.7 Å². The summed E-state index contributed by atoms with van der Waals surface area (Å²) in [6, 6.07) is 15.4. The summed E-state index contributed by atoms with van der Waals surface area (Å²) in [4.78, 5) is 17.6. The number of rotatable bonds is 5. The fourth-order valence-electron chi connectivity index (χ4n) is 2.40. The van der Waals surface area contributed by atoms with Gasteiger partial charge in [-0.2, -0.15) is 4.99 Å². The number of aromatic nitrogens is 1. The third-order valence-electron chi connectivity index (χ3n) is 3.55. The van der Waals surface area contributed by atoms with Crippen LogP contribution in [0.15, 0.2) is 58.0 Å². The maximum absolute atomic E-state index is 12.6. The molecule has 24 heavy (non-hydrogen) atoms. The topological polar surface area (TPSA) is 43.6 Å². The minimum atomic E-state index is -0.251. The van der Waals surface area contributed by atoms with E-state index in [1.807, 2.05) is 54.0 Å². The van der Waals surface area contributed by atoms with Gasteiger partial charge in [-0.1, -0.05) is 35.6 Å². The number of thiazole rings is 1. The number of carbonyl (C=O) groups excluding carboxylic acids is 1. The Bertz CT molecular complexity index is 930. The molecule has 1 amide bonds. The van der Waals surface area contributed by atoms with Crippen LogP contribution in [0.3, 0.4) is 0 Å². The molecule has 0 aliphatic carbocycles. The Labute approximate surface area is 152 Å². The van der Waals surface area contributed by atoms with Crippen LogP contribution in [0, 0.1) is 0 Å². The van der Waals surface area contributed by atoms with Gasteiger partial charge in [-0.3, -0.25) is 4.79 Å². The van der Waals surface area contributed by atoms with E-state index in [4.69, 9.17) is 4.74 Å². The van der Waals surface area contributed by atoms with Crippen LogP contribution in [0.1, 0.15) is 17.3 Å². The lowest BCUT2D eigenvalue weighted by atomic mass is 10.2. The molecule has 0 N–H and O–H groups in total. The predicted molar refractivity (Wildman–Crippen MR) is 100 cm³/mol. The molecule has 0 saturated heterocycles. The Kier molecular flexibility index (Phi) is 5.60. The summed E-state index contributed by atoms with van der Waals surface area (Å²) in [7, 11) is 0. The number of hydrogen-bond donors (Lipinski definition) is 0. The van der Waals surface area contributed by atoms with Gasteiger partial charge in [0.15, 0.2) is 4.80 Å². The zero-order chi connectivity index (χ0) is 16.9. The third kappa shape index (κ3) is 3.66. The maximum Gasteiger partial charge on any atom is 0.280 e. The summed E-state index contributed by atoms with van der Waals surface area (Å²) in [6.45, 7) is 3.90. The van der Waals surface area contributed by atoms with Crippen molar-refractivity contribution in [1.82, 2.24) is 4.57 Å². The summed E-state index contributed by atoms with van der Waals surface area (Å²) in [5, 5.41) is 0. The molecular formula is C18H17BrN2O2S. The molecule has 0 unspecified atom stereocenters. The fourth-order valence-corrected chi connectivity index (χ4v) is 3.91. The fraction of sp³-hybridized carbons (Fsp3) is 0.222. The van der Waals surface area contributed by atoms with Gasteiger partial charge in [-0.05, 0) is 47.1 Å². The molecule has 0 atom stereocenters. The van der Waals surface area contributed by atoms with E-state index < -0.39 is 0 Å². The molecule has 3 aromatic rings. The SMILES string of the molecule is CCOCCn1c(=NC(=O)c2ccccc2Br)sc2ccccc21. The Morgan fingerprint density at radius 2 is 1.96 bits per heavy atom. The summed E-state index contributed by atoms with van der Waals surface area (Å²) in [6.07, 6.45) is 0. The quantitative estimate of drug-likeness (QED) is 0.596. The number of benzene rings is 2. The van der Waals surface area contributed by atoms with Crippen LogP contribution in [0.4, 0.5) is 0 Å². The first kappa shape index (κ1) is 17.1. The first-order valence-corrected chi connectivity index (χ1v) is 9.31. The molecule has 0 fully saturated rings. The largest absolute Gasteiger partial charge is 0.380 e. The monoisotopic (exact) mass is 404 g/mol. The van der Waals surface area contributed by atoms with Gasteiger partial charge >= 0.3 is 0 Å². The van der Waals surface area contributed by atoms with Crippen molar-refractivity contribution >= 4 is 43.4 Å². The van der Waals surface area contributed by atoms with Crippen molar-refractivity contribution in [2.75, 3.05) is 13.2 Å². The number of fused-ring (bicyclic) bond motifs is 1. The molecule has 3 rings (SSSR count). The van der Waals surface area contributed by atoms with Gasteiger partial charge in [-0.25, -0.2) is 0 Å². The number of nitrogens with zero attached hydrogens (tertiary/aromatic N) is 2. The van der Waals surface area contributed by atoms with Gasteiger partial charge in [0.05, 0.1) is 22.4 Å². The van der Waals surface area contributed by atoms with Crippen molar-refractivity contribution in [2.45, 2.75) is 13.5 Å². The molecule has 6 heteroatoms. The third-order valence-corrected chi connectivity index (χ3v) is 5.30. The van der Waals surface area contributed by atoms with Gasteiger partial charge < -0.3 is 9.30 Å². The Morgan fingerprint density at radius 1 is 1.21 bits per heavy atom. The average molecular weight is 405 g/mol. The number of halogens is 1. The molecule has 0 saturated carbocycles. The van der Waals surface area contributed by atoms with Crippen LogP contribution < -0.4 is 4.80 Å². The standard InChI is InChI=1S/C18H17BrN2O2S/c1-2-23-12-11-21-15-9-5-6-10-16(15)24-18(21)20-17(22)13-7-3-4-8-14(13)19/h3-10H,2,11-12H2,1H3. The van der Waals surface area contributed by atoms with Gasteiger partial charge in [0.25, 0.3) is 5.91 Å². The molecule has 2 aromatic carbocycles. The second kappa shape index (κ2) is 7.88. The highest BCUT2D eigenvalue weighted by atomic mass is 79.9. The van der Waals surface area contributed by atoms with Crippen molar-refractivity contribution < 1.29 is 9.53 Å². The van der Waals surface area contributed by atoms with Gasteiger partial charge in [0.2, 0.25) is 0 Å². The van der Waals surface area contributed by atoms with E-state index in [1.165, 1.54) is 11.3 Å². The molecule has 1 heterocycles. The Hall–Kier alpha value is -1.76. The normalized spacial score (nSPS) is 12.0. The van der Waals surface area contributed by atoms with Crippen LogP contribution in [-0.2, 0) is 11.3 Å². The molecule has 0 aliphatic rings. The zero-order valence-corrected chi connectivity index (χ0v) is 15.6. The molecular weight excluding hydrogens is 388 g/mol. The molecule has 0 radical (unpaired) electrons. The van der Waals surface area contributed by atoms with Crippen LogP contribution in [0.25, 0.3) is 10.2 Å². The lowest BCUT2D eigenvalue weighted by molar-refractivity contribution is 0.0996. The lowest BCUT2D eigenvalue weighted by Gasteiger charge is -2.05. The smallest absolute Gasteiger partial charge is 0.280 e. The van der Waals surface area contributed by atoms with E-state index in [2.05, 4.69) is 20.9 Å². The van der Waals surface area contributed by atoms with E-state index in [9.17, 15) is 4.79 Å². The van der Waals surface area contributed by atoms with Crippen LogP contribution in [0.2, 0.25) is 0 Å². The van der Waals surface area contributed by atoms with Crippen LogP contribution in [0.5, 0.6) is 0 Å². The van der Waals surface area contributed by atoms with E-state index in [0.717, 1.165) is 14.7 Å². The number of hydrogen-bond acceptors (Lipinski definition) is 3. The highest BCUT2D eigenvalue weighted by Crippen LogP contribution is 2.19. The highest BCUT2D eigenvalue weighted by Gasteiger charge is 2.11. The molecule has 0 bridgehead atoms. The average Bonchev–Trinajstić information content (AvgIpc) is 2.93. The van der Waals surface area contributed by atoms with Gasteiger partial charge in [-0.15, -0.1) is 0 Å². The van der Waals surface area contributed by atoms with E-state index in [0.29, 0.717) is 30.1 Å². The van der Waals surface area contributed by atoms with E-state index in [1.54, 1.807) is 6.07 Å². The predicted octanol–water partition coefficient (Wildman–Crippen LogP) is 4.24. The zero-order valence-electron chi connectivity index (χ0n) is 13.2. The molecule has 1 aromatic heterocycles. The summed E-state index contributed by atoms with van der Waals surface area (Å²) in [5.41, 5.74) is 1.63. The minimum Gasteiger partial charge on any atom is -0.380 e. The molecule has 124 valence electrons. The number of para-hydroxylation sites is 1. The highest BCUT2D eigenvalue weighted by molar-refractivity contribution is 9.10. The van der Waals surface area contributed by atoms with Gasteiger partial charge in [0.1, 0.15) is 0 Å². The van der Waals surface area contributed by atoms with Crippen molar-refractivity contribution in [3.8, 4) is 0 Å². The molecule has 4 nitrogen and oxygen atoms in total. The second-order valence-corrected chi connectivity index (χ2v) is 6.96. The van der Waals surface area contributed by atoms with Gasteiger partial charge in [0, 0.05) is 17.6 Å². The van der Waals surface area contributed by atoms with Crippen molar-refractivity contribution in [1.29, 1.82) is 0 Å². The van der Waals surface area contributed by atoms with E-state index in [-0.39, 0.29) is 5.91 Å².